The van der Waals surface area contributed by atoms with Crippen molar-refractivity contribution in [2.75, 3.05) is 0 Å². The van der Waals surface area contributed by atoms with Crippen molar-refractivity contribution >= 4 is 0 Å². The van der Waals surface area contributed by atoms with Gasteiger partial charge in [0.2, 0.25) is 0 Å². The molecule has 1 heterocycles. The van der Waals surface area contributed by atoms with Crippen LogP contribution >= 0.6 is 0 Å². The van der Waals surface area contributed by atoms with Gasteiger partial charge in [-0.25, -0.2) is 0 Å². The maximum atomic E-state index is 10.3. The highest BCUT2D eigenvalue weighted by molar-refractivity contribution is 4.70. The van der Waals surface area contributed by atoms with Crippen LogP contribution in [-0.2, 0) is 9.47 Å². The molecule has 0 bridgehead atoms. The highest BCUT2D eigenvalue weighted by Crippen LogP contribution is 2.22. The van der Waals surface area contributed by atoms with Crippen LogP contribution in [0.25, 0.3) is 0 Å². The Morgan fingerprint density at radius 3 is 2.71 bits per heavy atom. The van der Waals surface area contributed by atoms with Gasteiger partial charge in [-0.15, -0.1) is 4.91 Å². The number of ether oxygens (including phenoxy) is 2. The van der Waals surface area contributed by atoms with E-state index in [-0.39, 0.29) is 12.1 Å². The Balaban J connectivity index is 2.44. The van der Waals surface area contributed by atoms with Crippen molar-refractivity contribution in [3.8, 4) is 0 Å². The van der Waals surface area contributed by atoms with Crippen molar-refractivity contribution in [1.29, 1.82) is 0 Å². The topological polar surface area (TPSA) is 77.3 Å². The highest BCUT2D eigenvalue weighted by atomic mass is 16.7. The predicted octanol–water partition coefficient (Wildman–Crippen LogP) is 1.78. The summed E-state index contributed by atoms with van der Waals surface area (Å²) in [5.74, 6) is 0. The molecule has 0 aromatic heterocycles. The predicted molar refractivity (Wildman–Crippen MR) is 49.5 cm³/mol. The van der Waals surface area contributed by atoms with Crippen molar-refractivity contribution in [1.82, 2.24) is 0 Å². The zero-order valence-corrected chi connectivity index (χ0v) is 8.25. The smallest absolute Gasteiger partial charge is 0.195 e. The highest BCUT2D eigenvalue weighted by Gasteiger charge is 2.29. The Kier molecular flexibility index (Phi) is 4.09. The first-order valence-electron chi connectivity index (χ1n) is 4.61. The molecule has 0 aromatic carbocycles. The molecular weight excluding hydrogens is 188 g/mol. The molecule has 6 heteroatoms. The van der Waals surface area contributed by atoms with E-state index in [2.05, 4.69) is 10.4 Å². The lowest BCUT2D eigenvalue weighted by molar-refractivity contribution is -0.239. The first-order chi connectivity index (χ1) is 6.65. The normalized spacial score (nSPS) is 34.9. The van der Waals surface area contributed by atoms with Gasteiger partial charge >= 0.3 is 0 Å². The van der Waals surface area contributed by atoms with E-state index in [1.807, 2.05) is 6.92 Å². The Labute approximate surface area is 81.9 Å². The molecule has 4 unspecified atom stereocenters. The van der Waals surface area contributed by atoms with Gasteiger partial charge in [0.05, 0.1) is 12.1 Å². The van der Waals surface area contributed by atoms with Gasteiger partial charge in [0.1, 0.15) is 0 Å². The van der Waals surface area contributed by atoms with E-state index in [9.17, 15) is 9.81 Å². The van der Waals surface area contributed by atoms with E-state index < -0.39 is 12.5 Å². The lowest BCUT2D eigenvalue weighted by Gasteiger charge is -2.31. The molecule has 4 atom stereocenters. The summed E-state index contributed by atoms with van der Waals surface area (Å²) in [5.41, 5.74) is 0. The van der Waals surface area contributed by atoms with Crippen molar-refractivity contribution in [3.05, 3.63) is 9.81 Å². The molecule has 0 spiro atoms. The van der Waals surface area contributed by atoms with Gasteiger partial charge in [-0.05, 0) is 19.0 Å². The standard InChI is InChI=1S/C8H14N2O4/c1-5(9-11)3-8-13-6(2)4-7(10-12)14-8/h5-8H,3-4H2,1-2H3. The Bertz CT molecular complexity index is 210. The molecule has 14 heavy (non-hydrogen) atoms. The second-order valence-corrected chi connectivity index (χ2v) is 3.50. The quantitative estimate of drug-likeness (QED) is 0.651. The Hall–Kier alpha value is -0.880. The Morgan fingerprint density at radius 1 is 1.43 bits per heavy atom. The zero-order chi connectivity index (χ0) is 10.6. The molecule has 0 radical (unpaired) electrons. The van der Waals surface area contributed by atoms with E-state index in [1.54, 1.807) is 6.92 Å². The van der Waals surface area contributed by atoms with Crippen molar-refractivity contribution in [2.45, 2.75) is 51.4 Å². The van der Waals surface area contributed by atoms with Crippen LogP contribution < -0.4 is 0 Å². The molecule has 1 aliphatic heterocycles. The summed E-state index contributed by atoms with van der Waals surface area (Å²) in [7, 11) is 0. The second kappa shape index (κ2) is 5.11. The van der Waals surface area contributed by atoms with E-state index in [4.69, 9.17) is 9.47 Å². The largest absolute Gasteiger partial charge is 0.349 e. The van der Waals surface area contributed by atoms with E-state index in [1.165, 1.54) is 0 Å². The monoisotopic (exact) mass is 202 g/mol. The van der Waals surface area contributed by atoms with Gasteiger partial charge in [-0.3, -0.25) is 0 Å². The molecule has 0 saturated carbocycles. The molecule has 1 saturated heterocycles. The molecular formula is C8H14N2O4. The van der Waals surface area contributed by atoms with Gasteiger partial charge in [0.25, 0.3) is 0 Å². The summed E-state index contributed by atoms with van der Waals surface area (Å²) in [6.07, 6.45) is -0.463. The number of nitroso groups, excluding NO2 is 2. The molecule has 80 valence electrons. The van der Waals surface area contributed by atoms with Gasteiger partial charge in [-0.1, -0.05) is 5.18 Å². The molecule has 0 aromatic rings. The van der Waals surface area contributed by atoms with Crippen LogP contribution in [0.1, 0.15) is 26.7 Å². The van der Waals surface area contributed by atoms with E-state index >= 15 is 0 Å². The lowest BCUT2D eigenvalue weighted by atomic mass is 10.2. The fourth-order valence-corrected chi connectivity index (χ4v) is 1.36. The summed E-state index contributed by atoms with van der Waals surface area (Å²) in [6, 6.07) is -0.377. The fourth-order valence-electron chi connectivity index (χ4n) is 1.36. The average molecular weight is 202 g/mol. The van der Waals surface area contributed by atoms with Crippen LogP contribution in [0.4, 0.5) is 0 Å². The summed E-state index contributed by atoms with van der Waals surface area (Å²) < 4.78 is 10.5. The van der Waals surface area contributed by atoms with Gasteiger partial charge in [0, 0.05) is 12.8 Å². The fraction of sp³-hybridized carbons (Fsp3) is 1.00. The number of nitrogens with zero attached hydrogens (tertiary/aromatic N) is 2. The maximum Gasteiger partial charge on any atom is 0.195 e. The maximum absolute atomic E-state index is 10.3. The van der Waals surface area contributed by atoms with Crippen molar-refractivity contribution in [3.63, 3.8) is 0 Å². The Morgan fingerprint density at radius 2 is 2.14 bits per heavy atom. The van der Waals surface area contributed by atoms with Crippen molar-refractivity contribution in [2.24, 2.45) is 10.4 Å². The van der Waals surface area contributed by atoms with E-state index in [0.717, 1.165) is 0 Å². The van der Waals surface area contributed by atoms with Gasteiger partial charge < -0.3 is 9.47 Å². The average Bonchev–Trinajstić information content (AvgIpc) is 2.16. The molecule has 1 aliphatic rings. The first-order valence-corrected chi connectivity index (χ1v) is 4.61. The number of rotatable bonds is 4. The van der Waals surface area contributed by atoms with Gasteiger partial charge in [0.15, 0.2) is 12.5 Å². The SMILES string of the molecule is CC(CC1OC(C)CC(N=O)O1)N=O. The molecule has 6 nitrogen and oxygen atoms in total. The van der Waals surface area contributed by atoms with Crippen LogP contribution in [0.15, 0.2) is 10.4 Å². The van der Waals surface area contributed by atoms with E-state index in [0.29, 0.717) is 12.8 Å². The third kappa shape index (κ3) is 3.12. The minimum atomic E-state index is -0.664. The van der Waals surface area contributed by atoms with Crippen LogP contribution in [0.3, 0.4) is 0 Å². The summed E-state index contributed by atoms with van der Waals surface area (Å²) in [4.78, 5) is 20.5. The molecule has 0 amide bonds. The summed E-state index contributed by atoms with van der Waals surface area (Å²) in [5, 5.41) is 5.66. The molecule has 1 fully saturated rings. The summed E-state index contributed by atoms with van der Waals surface area (Å²) in [6.45, 7) is 3.51. The minimum absolute atomic E-state index is 0.0738. The first kappa shape index (κ1) is 11.2. The summed E-state index contributed by atoms with van der Waals surface area (Å²) >= 11 is 0. The van der Waals surface area contributed by atoms with Gasteiger partial charge in [-0.2, -0.15) is 4.91 Å². The van der Waals surface area contributed by atoms with Crippen LogP contribution in [0.2, 0.25) is 0 Å². The minimum Gasteiger partial charge on any atom is -0.349 e. The second-order valence-electron chi connectivity index (χ2n) is 3.50. The third-order valence-electron chi connectivity index (χ3n) is 2.06. The molecule has 0 N–H and O–H groups in total. The molecule has 1 rings (SSSR count). The third-order valence-corrected chi connectivity index (χ3v) is 2.06. The van der Waals surface area contributed by atoms with Crippen LogP contribution in [0.5, 0.6) is 0 Å². The van der Waals surface area contributed by atoms with Crippen molar-refractivity contribution < 1.29 is 9.47 Å². The van der Waals surface area contributed by atoms with Crippen LogP contribution in [0, 0.1) is 9.81 Å². The molecule has 0 aliphatic carbocycles. The lowest BCUT2D eigenvalue weighted by Crippen LogP contribution is -2.37. The zero-order valence-electron chi connectivity index (χ0n) is 8.25. The number of hydrogen-bond donors (Lipinski definition) is 0. The number of hydrogen-bond acceptors (Lipinski definition) is 6. The van der Waals surface area contributed by atoms with Crippen LogP contribution in [-0.4, -0.2) is 24.7 Å².